The number of hydrogen-bond donors (Lipinski definition) is 1. The molecule has 1 unspecified atom stereocenters. The van der Waals surface area contributed by atoms with Crippen LogP contribution in [0.5, 0.6) is 5.75 Å². The Labute approximate surface area is 187 Å². The van der Waals surface area contributed by atoms with Crippen molar-refractivity contribution in [3.8, 4) is 17.1 Å². The lowest BCUT2D eigenvalue weighted by Gasteiger charge is -2.38. The lowest BCUT2D eigenvalue weighted by molar-refractivity contribution is -0.119. The maximum absolute atomic E-state index is 14.7. The van der Waals surface area contributed by atoms with Crippen LogP contribution in [0.2, 0.25) is 0 Å². The summed E-state index contributed by atoms with van der Waals surface area (Å²) in [5.74, 6) is 1.31. The molecule has 7 heteroatoms. The van der Waals surface area contributed by atoms with Gasteiger partial charge in [0.05, 0.1) is 11.1 Å². The third-order valence-corrected chi connectivity index (χ3v) is 5.82. The third-order valence-electron chi connectivity index (χ3n) is 5.82. The van der Waals surface area contributed by atoms with Crippen LogP contribution in [0.4, 0.5) is 10.2 Å². The van der Waals surface area contributed by atoms with E-state index in [1.165, 1.54) is 13.8 Å². The summed E-state index contributed by atoms with van der Waals surface area (Å²) in [5.41, 5.74) is 0.995. The van der Waals surface area contributed by atoms with Gasteiger partial charge in [-0.05, 0) is 50.6 Å². The fourth-order valence-corrected chi connectivity index (χ4v) is 4.41. The normalized spacial score (nSPS) is 16.8. The second-order valence-corrected chi connectivity index (χ2v) is 8.96. The molecule has 1 aliphatic heterocycles. The second kappa shape index (κ2) is 8.82. The fraction of sp³-hybridized carbons (Fsp3) is 0.400. The summed E-state index contributed by atoms with van der Waals surface area (Å²) in [6, 6.07) is 13.2. The zero-order chi connectivity index (χ0) is 22.9. The number of Topliss-reactive ketones (excluding diaryl/α,β-unsaturated/α-hetero) is 1. The number of ketones is 1. The number of fused-ring (bicyclic) bond motifs is 1. The standard InChI is InChI=1S/C25H29FN4O2/c1-17-8-9-19-21(14-17)27-23(20-6-4-5-7-22(20)32)28-24(19)30-12-10-29(11-13-30)16-25(3,26)15-18(2)31/h4-9,14,32H,10-13,15-16H2,1-3H3. The monoisotopic (exact) mass is 436 g/mol. The van der Waals surface area contributed by atoms with Gasteiger partial charge in [0.15, 0.2) is 5.82 Å². The number of nitrogens with zero attached hydrogens (tertiary/aromatic N) is 4. The molecule has 168 valence electrons. The zero-order valence-corrected chi connectivity index (χ0v) is 18.8. The Morgan fingerprint density at radius 2 is 1.84 bits per heavy atom. The molecule has 32 heavy (non-hydrogen) atoms. The molecule has 0 radical (unpaired) electrons. The Morgan fingerprint density at radius 3 is 2.53 bits per heavy atom. The molecule has 1 aromatic heterocycles. The summed E-state index contributed by atoms with van der Waals surface area (Å²) in [6.45, 7) is 7.94. The Hall–Kier alpha value is -3.06. The van der Waals surface area contributed by atoms with E-state index in [-0.39, 0.29) is 24.5 Å². The molecule has 2 heterocycles. The molecular weight excluding hydrogens is 407 g/mol. The van der Waals surface area contributed by atoms with Crippen LogP contribution in [-0.2, 0) is 4.79 Å². The van der Waals surface area contributed by atoms with Crippen LogP contribution < -0.4 is 4.90 Å². The van der Waals surface area contributed by atoms with Crippen molar-refractivity contribution in [3.63, 3.8) is 0 Å². The van der Waals surface area contributed by atoms with Crippen molar-refractivity contribution in [2.45, 2.75) is 32.9 Å². The van der Waals surface area contributed by atoms with Crippen LogP contribution in [0.15, 0.2) is 42.5 Å². The number of hydrogen-bond acceptors (Lipinski definition) is 6. The quantitative estimate of drug-likeness (QED) is 0.626. The minimum atomic E-state index is -1.52. The molecule has 0 aliphatic carbocycles. The van der Waals surface area contributed by atoms with Gasteiger partial charge in [0.25, 0.3) is 0 Å². The molecule has 1 atom stereocenters. The van der Waals surface area contributed by atoms with Gasteiger partial charge in [-0.25, -0.2) is 14.4 Å². The molecular formula is C25H29FN4O2. The molecule has 0 spiro atoms. The summed E-state index contributed by atoms with van der Waals surface area (Å²) in [7, 11) is 0. The van der Waals surface area contributed by atoms with E-state index >= 15 is 0 Å². The van der Waals surface area contributed by atoms with E-state index < -0.39 is 5.67 Å². The number of aromatic hydroxyl groups is 1. The fourth-order valence-electron chi connectivity index (χ4n) is 4.41. The number of phenolic OH excluding ortho intramolecular Hbond substituents is 1. The zero-order valence-electron chi connectivity index (χ0n) is 18.8. The first-order chi connectivity index (χ1) is 15.2. The van der Waals surface area contributed by atoms with Gasteiger partial charge in [0.1, 0.15) is 23.0 Å². The highest BCUT2D eigenvalue weighted by molar-refractivity contribution is 5.92. The van der Waals surface area contributed by atoms with Gasteiger partial charge >= 0.3 is 0 Å². The maximum Gasteiger partial charge on any atom is 0.165 e. The molecule has 3 aromatic rings. The Balaban J connectivity index is 1.62. The van der Waals surface area contributed by atoms with Gasteiger partial charge in [-0.1, -0.05) is 18.2 Å². The first-order valence-electron chi connectivity index (χ1n) is 10.9. The van der Waals surface area contributed by atoms with E-state index in [1.807, 2.05) is 37.3 Å². The number of aryl methyl sites for hydroxylation is 1. The van der Waals surface area contributed by atoms with Crippen LogP contribution in [0, 0.1) is 6.92 Å². The number of aromatic nitrogens is 2. The Kier molecular flexibility index (Phi) is 6.11. The number of alkyl halides is 1. The average Bonchev–Trinajstić information content (AvgIpc) is 2.72. The molecule has 4 rings (SSSR count). The largest absolute Gasteiger partial charge is 0.507 e. The van der Waals surface area contributed by atoms with Crippen molar-refractivity contribution in [2.75, 3.05) is 37.6 Å². The first-order valence-corrected chi connectivity index (χ1v) is 10.9. The molecule has 1 saturated heterocycles. The summed E-state index contributed by atoms with van der Waals surface area (Å²) in [5, 5.41) is 11.3. The van der Waals surface area contributed by atoms with Crippen molar-refractivity contribution in [1.29, 1.82) is 0 Å². The smallest absolute Gasteiger partial charge is 0.165 e. The van der Waals surface area contributed by atoms with Gasteiger partial charge in [0, 0.05) is 44.5 Å². The minimum absolute atomic E-state index is 0.0625. The molecule has 6 nitrogen and oxygen atoms in total. The van der Waals surface area contributed by atoms with Crippen LogP contribution >= 0.6 is 0 Å². The number of carbonyl (C=O) groups is 1. The number of anilines is 1. The van der Waals surface area contributed by atoms with E-state index in [0.29, 0.717) is 37.6 Å². The number of phenols is 1. The van der Waals surface area contributed by atoms with Gasteiger partial charge in [0.2, 0.25) is 0 Å². The second-order valence-electron chi connectivity index (χ2n) is 8.96. The highest BCUT2D eigenvalue weighted by Gasteiger charge is 2.30. The number of rotatable bonds is 6. The Morgan fingerprint density at radius 1 is 1.12 bits per heavy atom. The number of para-hydroxylation sites is 1. The van der Waals surface area contributed by atoms with Crippen molar-refractivity contribution < 1.29 is 14.3 Å². The van der Waals surface area contributed by atoms with Crippen molar-refractivity contribution in [1.82, 2.24) is 14.9 Å². The van der Waals surface area contributed by atoms with E-state index in [9.17, 15) is 14.3 Å². The summed E-state index contributed by atoms with van der Waals surface area (Å²) in [6.07, 6.45) is -0.0625. The molecule has 0 bridgehead atoms. The lowest BCUT2D eigenvalue weighted by atomic mass is 10.0. The highest BCUT2D eigenvalue weighted by atomic mass is 19.1. The van der Waals surface area contributed by atoms with Gasteiger partial charge in [-0.15, -0.1) is 0 Å². The molecule has 1 N–H and O–H groups in total. The van der Waals surface area contributed by atoms with Crippen LogP contribution in [-0.4, -0.2) is 64.2 Å². The number of halogens is 1. The number of piperazine rings is 1. The highest BCUT2D eigenvalue weighted by Crippen LogP contribution is 2.32. The predicted molar refractivity (Wildman–Crippen MR) is 125 cm³/mol. The van der Waals surface area contributed by atoms with Crippen LogP contribution in [0.3, 0.4) is 0 Å². The molecule has 0 saturated carbocycles. The lowest BCUT2D eigenvalue weighted by Crippen LogP contribution is -2.50. The SMILES string of the molecule is CC(=O)CC(C)(F)CN1CCN(c2nc(-c3ccccc3O)nc3cc(C)ccc23)CC1. The molecule has 1 aliphatic rings. The Bertz CT molecular complexity index is 1140. The van der Waals surface area contributed by atoms with Crippen molar-refractivity contribution in [2.24, 2.45) is 0 Å². The molecule has 1 fully saturated rings. The number of benzene rings is 2. The third kappa shape index (κ3) is 4.88. The minimum Gasteiger partial charge on any atom is -0.507 e. The topological polar surface area (TPSA) is 69.6 Å². The number of carbonyl (C=O) groups excluding carboxylic acids is 1. The van der Waals surface area contributed by atoms with Crippen LogP contribution in [0.25, 0.3) is 22.3 Å². The summed E-state index contributed by atoms with van der Waals surface area (Å²) < 4.78 is 14.7. The molecule has 2 aromatic carbocycles. The predicted octanol–water partition coefficient (Wildman–Crippen LogP) is 4.14. The van der Waals surface area contributed by atoms with Crippen molar-refractivity contribution >= 4 is 22.5 Å². The van der Waals surface area contributed by atoms with Crippen molar-refractivity contribution in [3.05, 3.63) is 48.0 Å². The van der Waals surface area contributed by atoms with Gasteiger partial charge < -0.3 is 10.0 Å². The summed E-state index contributed by atoms with van der Waals surface area (Å²) in [4.78, 5) is 25.2. The average molecular weight is 437 g/mol. The van der Waals surface area contributed by atoms with Crippen LogP contribution in [0.1, 0.15) is 25.8 Å². The van der Waals surface area contributed by atoms with E-state index in [4.69, 9.17) is 9.97 Å². The van der Waals surface area contributed by atoms with E-state index in [2.05, 4.69) is 9.80 Å². The van der Waals surface area contributed by atoms with E-state index in [1.54, 1.807) is 12.1 Å². The first kappa shape index (κ1) is 22.1. The maximum atomic E-state index is 14.7. The molecule has 0 amide bonds. The summed E-state index contributed by atoms with van der Waals surface area (Å²) >= 11 is 0. The van der Waals surface area contributed by atoms with Gasteiger partial charge in [-0.3, -0.25) is 9.69 Å². The van der Waals surface area contributed by atoms with Gasteiger partial charge in [-0.2, -0.15) is 0 Å². The van der Waals surface area contributed by atoms with E-state index in [0.717, 1.165) is 22.3 Å².